The van der Waals surface area contributed by atoms with Gasteiger partial charge in [0.1, 0.15) is 5.82 Å². The number of halogens is 1. The fourth-order valence-corrected chi connectivity index (χ4v) is 2.68. The van der Waals surface area contributed by atoms with E-state index in [0.717, 1.165) is 5.56 Å². The lowest BCUT2D eigenvalue weighted by Gasteiger charge is -2.25. The van der Waals surface area contributed by atoms with Gasteiger partial charge >= 0.3 is 0 Å². The molecule has 0 aromatic heterocycles. The van der Waals surface area contributed by atoms with Crippen LogP contribution in [0.2, 0.25) is 0 Å². The first-order valence-electron chi connectivity index (χ1n) is 7.26. The molecule has 0 saturated carbocycles. The normalized spacial score (nSPS) is 16.4. The van der Waals surface area contributed by atoms with Crippen molar-refractivity contribution in [1.82, 2.24) is 0 Å². The van der Waals surface area contributed by atoms with Crippen LogP contribution in [0, 0.1) is 5.82 Å². The fraction of sp³-hybridized carbons (Fsp3) is 0.176. The Hall–Kier alpha value is -2.73. The molecule has 1 heterocycles. The molecule has 6 heteroatoms. The van der Waals surface area contributed by atoms with E-state index in [-0.39, 0.29) is 18.2 Å². The molecule has 2 aromatic rings. The number of benzene rings is 2. The maximum Gasteiger partial charge on any atom is 0.232 e. The summed E-state index contributed by atoms with van der Waals surface area (Å²) in [6, 6.07) is 11.2. The minimum absolute atomic E-state index is 0.0288. The smallest absolute Gasteiger partial charge is 0.232 e. The summed E-state index contributed by atoms with van der Waals surface area (Å²) in [6.07, 6.45) is 0.0288. The molecule has 0 radical (unpaired) electrons. The highest BCUT2D eigenvalue weighted by atomic mass is 19.1. The Morgan fingerprint density at radius 3 is 2.91 bits per heavy atom. The number of fused-ring (bicyclic) bond motifs is 1. The number of anilines is 2. The van der Waals surface area contributed by atoms with E-state index in [0.29, 0.717) is 23.5 Å². The summed E-state index contributed by atoms with van der Waals surface area (Å²) in [5.74, 6) is -1.72. The van der Waals surface area contributed by atoms with Crippen LogP contribution < -0.4 is 16.4 Å². The summed E-state index contributed by atoms with van der Waals surface area (Å²) in [6.45, 7) is 0.373. The van der Waals surface area contributed by atoms with Gasteiger partial charge in [-0.3, -0.25) is 9.59 Å². The maximum absolute atomic E-state index is 13.3. The van der Waals surface area contributed by atoms with Gasteiger partial charge in [0.25, 0.3) is 0 Å². The van der Waals surface area contributed by atoms with E-state index in [1.165, 1.54) is 18.2 Å². The largest absolute Gasteiger partial charge is 0.326 e. The lowest BCUT2D eigenvalue weighted by molar-refractivity contribution is -0.123. The SMILES string of the molecule is NCc1cccc(NC(=O)C2CC(=O)Nc3cc(F)ccc32)c1. The molecule has 0 spiro atoms. The summed E-state index contributed by atoms with van der Waals surface area (Å²) in [4.78, 5) is 24.3. The number of nitrogens with two attached hydrogens (primary N) is 1. The molecule has 4 N–H and O–H groups in total. The maximum atomic E-state index is 13.3. The zero-order valence-electron chi connectivity index (χ0n) is 12.3. The van der Waals surface area contributed by atoms with Gasteiger partial charge in [-0.1, -0.05) is 18.2 Å². The van der Waals surface area contributed by atoms with Crippen molar-refractivity contribution in [1.29, 1.82) is 0 Å². The van der Waals surface area contributed by atoms with Crippen LogP contribution in [0.4, 0.5) is 15.8 Å². The van der Waals surface area contributed by atoms with E-state index in [9.17, 15) is 14.0 Å². The van der Waals surface area contributed by atoms with Gasteiger partial charge in [-0.15, -0.1) is 0 Å². The molecule has 0 aliphatic carbocycles. The third-order valence-electron chi connectivity index (χ3n) is 3.80. The summed E-state index contributed by atoms with van der Waals surface area (Å²) < 4.78 is 13.3. The number of rotatable bonds is 3. The first-order chi connectivity index (χ1) is 11.1. The van der Waals surface area contributed by atoms with Crippen molar-refractivity contribution in [2.45, 2.75) is 18.9 Å². The Morgan fingerprint density at radius 2 is 2.13 bits per heavy atom. The summed E-state index contributed by atoms with van der Waals surface area (Å²) in [7, 11) is 0. The number of carbonyl (C=O) groups excluding carboxylic acids is 2. The van der Waals surface area contributed by atoms with Gasteiger partial charge in [-0.2, -0.15) is 0 Å². The van der Waals surface area contributed by atoms with Crippen molar-refractivity contribution < 1.29 is 14.0 Å². The number of amides is 2. The van der Waals surface area contributed by atoms with Crippen LogP contribution in [-0.4, -0.2) is 11.8 Å². The van der Waals surface area contributed by atoms with Gasteiger partial charge in [-0.05, 0) is 35.4 Å². The van der Waals surface area contributed by atoms with Gasteiger partial charge < -0.3 is 16.4 Å². The van der Waals surface area contributed by atoms with E-state index in [1.54, 1.807) is 18.2 Å². The van der Waals surface area contributed by atoms with Gasteiger partial charge in [0.15, 0.2) is 0 Å². The highest BCUT2D eigenvalue weighted by Gasteiger charge is 2.31. The van der Waals surface area contributed by atoms with Crippen molar-refractivity contribution in [2.24, 2.45) is 5.73 Å². The van der Waals surface area contributed by atoms with Crippen molar-refractivity contribution >= 4 is 23.2 Å². The molecule has 2 amide bonds. The predicted octanol–water partition coefficient (Wildman–Crippen LogP) is 2.35. The van der Waals surface area contributed by atoms with Gasteiger partial charge in [-0.25, -0.2) is 4.39 Å². The van der Waals surface area contributed by atoms with E-state index in [2.05, 4.69) is 10.6 Å². The topological polar surface area (TPSA) is 84.2 Å². The molecule has 23 heavy (non-hydrogen) atoms. The zero-order chi connectivity index (χ0) is 16.4. The van der Waals surface area contributed by atoms with Crippen molar-refractivity contribution in [3.63, 3.8) is 0 Å². The number of hydrogen-bond acceptors (Lipinski definition) is 3. The van der Waals surface area contributed by atoms with Crippen LogP contribution >= 0.6 is 0 Å². The molecular weight excluding hydrogens is 297 g/mol. The monoisotopic (exact) mass is 313 g/mol. The first kappa shape index (κ1) is 15.2. The van der Waals surface area contributed by atoms with Crippen LogP contribution in [0.5, 0.6) is 0 Å². The molecule has 1 atom stereocenters. The lowest BCUT2D eigenvalue weighted by Crippen LogP contribution is -2.30. The minimum atomic E-state index is -0.652. The summed E-state index contributed by atoms with van der Waals surface area (Å²) in [5, 5.41) is 5.39. The predicted molar refractivity (Wildman–Crippen MR) is 85.4 cm³/mol. The highest BCUT2D eigenvalue weighted by Crippen LogP contribution is 2.33. The second kappa shape index (κ2) is 6.18. The quantitative estimate of drug-likeness (QED) is 0.813. The molecule has 0 fully saturated rings. The second-order valence-corrected chi connectivity index (χ2v) is 5.43. The third-order valence-corrected chi connectivity index (χ3v) is 3.80. The second-order valence-electron chi connectivity index (χ2n) is 5.43. The average Bonchev–Trinajstić information content (AvgIpc) is 2.53. The van der Waals surface area contributed by atoms with Crippen LogP contribution in [0.15, 0.2) is 42.5 Å². The van der Waals surface area contributed by atoms with Crippen LogP contribution in [0.3, 0.4) is 0 Å². The molecule has 1 aliphatic rings. The Balaban J connectivity index is 1.86. The Morgan fingerprint density at radius 1 is 1.30 bits per heavy atom. The van der Waals surface area contributed by atoms with Crippen molar-refractivity contribution in [3.8, 4) is 0 Å². The standard InChI is InChI=1S/C17H16FN3O2/c18-11-4-5-13-14(8-16(22)21-15(13)7-11)17(23)20-12-3-1-2-10(6-12)9-19/h1-7,14H,8-9,19H2,(H,20,23)(H,21,22). The minimum Gasteiger partial charge on any atom is -0.326 e. The third kappa shape index (κ3) is 3.22. The van der Waals surface area contributed by atoms with Gasteiger partial charge in [0.2, 0.25) is 11.8 Å². The van der Waals surface area contributed by atoms with E-state index < -0.39 is 11.7 Å². The summed E-state index contributed by atoms with van der Waals surface area (Å²) in [5.41, 5.74) is 8.05. The molecular formula is C17H16FN3O2. The van der Waals surface area contributed by atoms with Gasteiger partial charge in [0.05, 0.1) is 5.92 Å². The van der Waals surface area contributed by atoms with Crippen LogP contribution in [0.25, 0.3) is 0 Å². The molecule has 0 bridgehead atoms. The fourth-order valence-electron chi connectivity index (χ4n) is 2.68. The molecule has 1 aliphatic heterocycles. The van der Waals surface area contributed by atoms with Crippen LogP contribution in [-0.2, 0) is 16.1 Å². The van der Waals surface area contributed by atoms with Crippen molar-refractivity contribution in [2.75, 3.05) is 10.6 Å². The van der Waals surface area contributed by atoms with Crippen LogP contribution in [0.1, 0.15) is 23.5 Å². The molecule has 118 valence electrons. The molecule has 1 unspecified atom stereocenters. The summed E-state index contributed by atoms with van der Waals surface area (Å²) >= 11 is 0. The highest BCUT2D eigenvalue weighted by molar-refractivity contribution is 6.05. The Bertz CT molecular complexity index is 776. The van der Waals surface area contributed by atoms with E-state index in [4.69, 9.17) is 5.73 Å². The van der Waals surface area contributed by atoms with Crippen molar-refractivity contribution in [3.05, 3.63) is 59.4 Å². The zero-order valence-corrected chi connectivity index (χ0v) is 12.3. The molecule has 0 saturated heterocycles. The van der Waals surface area contributed by atoms with Gasteiger partial charge in [0, 0.05) is 24.3 Å². The molecule has 2 aromatic carbocycles. The first-order valence-corrected chi connectivity index (χ1v) is 7.26. The molecule has 5 nitrogen and oxygen atoms in total. The number of carbonyl (C=O) groups is 2. The lowest BCUT2D eigenvalue weighted by atomic mass is 9.89. The Kier molecular flexibility index (Phi) is 4.08. The molecule has 3 rings (SSSR count). The number of nitrogens with one attached hydrogen (secondary N) is 2. The van der Waals surface area contributed by atoms with E-state index >= 15 is 0 Å². The Labute approximate surface area is 132 Å². The average molecular weight is 313 g/mol. The number of hydrogen-bond donors (Lipinski definition) is 3. The van der Waals surface area contributed by atoms with E-state index in [1.807, 2.05) is 6.07 Å².